The van der Waals surface area contributed by atoms with Crippen LogP contribution >= 0.6 is 0 Å². The van der Waals surface area contributed by atoms with Crippen molar-refractivity contribution in [1.29, 1.82) is 0 Å². The zero-order chi connectivity index (χ0) is 27.1. The Kier molecular flexibility index (Phi) is 9.24. The van der Waals surface area contributed by atoms with Crippen molar-refractivity contribution in [2.45, 2.75) is 51.3 Å². The largest absolute Gasteiger partial charge is 0.480 e. The molecule has 3 amide bonds. The minimum Gasteiger partial charge on any atom is -0.480 e. The first-order valence-corrected chi connectivity index (χ1v) is 12.2. The van der Waals surface area contributed by atoms with E-state index in [1.165, 1.54) is 6.92 Å². The van der Waals surface area contributed by atoms with E-state index in [1.54, 1.807) is 0 Å². The minimum absolute atomic E-state index is 0.00970. The maximum Gasteiger partial charge on any atom is 0.407 e. The molecule has 0 bridgehead atoms. The molecule has 0 spiro atoms. The molecule has 2 aromatic rings. The van der Waals surface area contributed by atoms with Crippen LogP contribution in [0.5, 0.6) is 0 Å². The standard InChI is InChI=1S/C27H33N3O7/c1-15(2)12-22(25(34)30-24(16(3)31)26(35)28-13-23(32)33)29-27(36)37-14-21-19-10-6-4-8-17(19)18-9-5-7-11-20(18)21/h4-11,15-16,21-22,24,31H,12-14H2,1-3H3,(H,28,35)(H,29,36)(H,30,34)(H,32,33)/t16-,22+,24+/m1/s1. The van der Waals surface area contributed by atoms with Crippen molar-refractivity contribution in [2.75, 3.05) is 13.2 Å². The number of carbonyl (C=O) groups excluding carboxylic acids is 3. The van der Waals surface area contributed by atoms with Crippen molar-refractivity contribution in [2.24, 2.45) is 5.92 Å². The van der Waals surface area contributed by atoms with E-state index in [-0.39, 0.29) is 24.9 Å². The molecule has 0 aromatic heterocycles. The Morgan fingerprint density at radius 2 is 1.46 bits per heavy atom. The summed E-state index contributed by atoms with van der Waals surface area (Å²) in [5.41, 5.74) is 4.30. The third kappa shape index (κ3) is 7.07. The van der Waals surface area contributed by atoms with Crippen LogP contribution in [0.1, 0.15) is 44.2 Å². The highest BCUT2D eigenvalue weighted by molar-refractivity contribution is 5.92. The average molecular weight is 512 g/mol. The van der Waals surface area contributed by atoms with Gasteiger partial charge < -0.3 is 30.9 Å². The zero-order valence-electron chi connectivity index (χ0n) is 21.1. The van der Waals surface area contributed by atoms with E-state index in [4.69, 9.17) is 9.84 Å². The number of aliphatic hydroxyl groups is 1. The normalized spacial score (nSPS) is 14.6. The fourth-order valence-electron chi connectivity index (χ4n) is 4.42. The van der Waals surface area contributed by atoms with Gasteiger partial charge in [0.2, 0.25) is 11.8 Å². The molecule has 198 valence electrons. The number of aliphatic carboxylic acids is 1. The van der Waals surface area contributed by atoms with Gasteiger partial charge in [0, 0.05) is 5.92 Å². The number of ether oxygens (including phenoxy) is 1. The number of carboxylic acid groups (broad SMARTS) is 1. The SMILES string of the molecule is CC(C)C[C@H](NC(=O)OCC1c2ccccc2-c2ccccc21)C(=O)N[C@H](C(=O)NCC(=O)O)[C@@H](C)O. The smallest absolute Gasteiger partial charge is 0.407 e. The molecule has 0 unspecified atom stereocenters. The number of carbonyl (C=O) groups is 4. The van der Waals surface area contributed by atoms with Crippen molar-refractivity contribution in [1.82, 2.24) is 16.0 Å². The number of nitrogens with one attached hydrogen (secondary N) is 3. The molecule has 0 fully saturated rings. The van der Waals surface area contributed by atoms with Crippen molar-refractivity contribution in [3.8, 4) is 11.1 Å². The lowest BCUT2D eigenvalue weighted by molar-refractivity contribution is -0.139. The summed E-state index contributed by atoms with van der Waals surface area (Å²) in [4.78, 5) is 48.7. The predicted molar refractivity (Wildman–Crippen MR) is 136 cm³/mol. The Bertz CT molecular complexity index is 1100. The topological polar surface area (TPSA) is 154 Å². The highest BCUT2D eigenvalue weighted by atomic mass is 16.5. The fraction of sp³-hybridized carbons (Fsp3) is 0.407. The molecule has 0 saturated heterocycles. The highest BCUT2D eigenvalue weighted by Gasteiger charge is 2.32. The van der Waals surface area contributed by atoms with E-state index in [0.29, 0.717) is 0 Å². The van der Waals surface area contributed by atoms with Crippen LogP contribution in [0.2, 0.25) is 0 Å². The van der Waals surface area contributed by atoms with Crippen LogP contribution in [0.3, 0.4) is 0 Å². The lowest BCUT2D eigenvalue weighted by atomic mass is 9.98. The van der Waals surface area contributed by atoms with Crippen LogP contribution in [0.25, 0.3) is 11.1 Å². The summed E-state index contributed by atoms with van der Waals surface area (Å²) >= 11 is 0. The molecule has 0 aliphatic heterocycles. The average Bonchev–Trinajstić information content (AvgIpc) is 3.17. The number of fused-ring (bicyclic) bond motifs is 3. The molecule has 2 aromatic carbocycles. The molecule has 0 heterocycles. The van der Waals surface area contributed by atoms with Crippen molar-refractivity contribution in [3.05, 3.63) is 59.7 Å². The molecule has 5 N–H and O–H groups in total. The van der Waals surface area contributed by atoms with Crippen molar-refractivity contribution in [3.63, 3.8) is 0 Å². The first-order chi connectivity index (χ1) is 17.6. The molecular weight excluding hydrogens is 478 g/mol. The van der Waals surface area contributed by atoms with E-state index in [2.05, 4.69) is 16.0 Å². The van der Waals surface area contributed by atoms with E-state index < -0.39 is 48.6 Å². The predicted octanol–water partition coefficient (Wildman–Crippen LogP) is 2.01. The van der Waals surface area contributed by atoms with Crippen LogP contribution in [-0.2, 0) is 19.1 Å². The lowest BCUT2D eigenvalue weighted by Gasteiger charge is -2.25. The van der Waals surface area contributed by atoms with E-state index in [1.807, 2.05) is 62.4 Å². The van der Waals surface area contributed by atoms with Gasteiger partial charge in [-0.05, 0) is 41.5 Å². The second kappa shape index (κ2) is 12.4. The Balaban J connectivity index is 1.66. The molecule has 1 aliphatic carbocycles. The molecule has 3 rings (SSSR count). The maximum absolute atomic E-state index is 13.0. The van der Waals surface area contributed by atoms with Crippen molar-refractivity contribution < 1.29 is 34.1 Å². The summed E-state index contributed by atoms with van der Waals surface area (Å²) in [6.07, 6.45) is -1.84. The molecule has 0 saturated carbocycles. The summed E-state index contributed by atoms with van der Waals surface area (Å²) in [6.45, 7) is 4.44. The number of rotatable bonds is 11. The van der Waals surface area contributed by atoms with Crippen LogP contribution in [0, 0.1) is 5.92 Å². The van der Waals surface area contributed by atoms with E-state index >= 15 is 0 Å². The van der Waals surface area contributed by atoms with E-state index in [9.17, 15) is 24.3 Å². The molecule has 10 nitrogen and oxygen atoms in total. The Morgan fingerprint density at radius 3 is 1.97 bits per heavy atom. The summed E-state index contributed by atoms with van der Waals surface area (Å²) in [7, 11) is 0. The van der Waals surface area contributed by atoms with Crippen LogP contribution < -0.4 is 16.0 Å². The van der Waals surface area contributed by atoms with Gasteiger partial charge >= 0.3 is 12.1 Å². The first-order valence-electron chi connectivity index (χ1n) is 12.2. The minimum atomic E-state index is -1.40. The molecular formula is C27H33N3O7. The number of aliphatic hydroxyl groups excluding tert-OH is 1. The zero-order valence-corrected chi connectivity index (χ0v) is 21.1. The molecule has 0 radical (unpaired) electrons. The van der Waals surface area contributed by atoms with Gasteiger partial charge in [-0.3, -0.25) is 14.4 Å². The third-order valence-corrected chi connectivity index (χ3v) is 6.14. The number of carboxylic acids is 1. The van der Waals surface area contributed by atoms with Crippen LogP contribution in [0.15, 0.2) is 48.5 Å². The van der Waals surface area contributed by atoms with Gasteiger partial charge in [0.25, 0.3) is 0 Å². The van der Waals surface area contributed by atoms with E-state index in [0.717, 1.165) is 22.3 Å². The second-order valence-corrected chi connectivity index (χ2v) is 9.49. The number of hydrogen-bond donors (Lipinski definition) is 5. The van der Waals surface area contributed by atoms with Gasteiger partial charge in [-0.2, -0.15) is 0 Å². The second-order valence-electron chi connectivity index (χ2n) is 9.49. The number of benzene rings is 2. The maximum atomic E-state index is 13.0. The molecule has 10 heteroatoms. The number of amides is 3. The van der Waals surface area contributed by atoms with Gasteiger partial charge in [0.15, 0.2) is 0 Å². The van der Waals surface area contributed by atoms with Crippen LogP contribution in [0.4, 0.5) is 4.79 Å². The Morgan fingerprint density at radius 1 is 0.892 bits per heavy atom. The number of alkyl carbamates (subject to hydrolysis) is 1. The lowest BCUT2D eigenvalue weighted by Crippen LogP contribution is -2.57. The third-order valence-electron chi connectivity index (χ3n) is 6.14. The van der Waals surface area contributed by atoms with Gasteiger partial charge in [0.05, 0.1) is 6.10 Å². The quantitative estimate of drug-likeness (QED) is 0.309. The Labute approximate surface area is 215 Å². The highest BCUT2D eigenvalue weighted by Crippen LogP contribution is 2.44. The Hall–Kier alpha value is -3.92. The number of hydrogen-bond acceptors (Lipinski definition) is 6. The van der Waals surface area contributed by atoms with Crippen molar-refractivity contribution >= 4 is 23.9 Å². The van der Waals surface area contributed by atoms with Crippen LogP contribution in [-0.4, -0.2) is 65.4 Å². The van der Waals surface area contributed by atoms with Gasteiger partial charge in [-0.15, -0.1) is 0 Å². The summed E-state index contributed by atoms with van der Waals surface area (Å²) in [5, 5.41) is 25.9. The molecule has 1 aliphatic rings. The first kappa shape index (κ1) is 27.7. The molecule has 3 atom stereocenters. The molecule has 37 heavy (non-hydrogen) atoms. The summed E-state index contributed by atoms with van der Waals surface area (Å²) < 4.78 is 5.54. The summed E-state index contributed by atoms with van der Waals surface area (Å²) in [6, 6.07) is 13.4. The van der Waals surface area contributed by atoms with Gasteiger partial charge in [0.1, 0.15) is 25.2 Å². The van der Waals surface area contributed by atoms with Gasteiger partial charge in [-0.25, -0.2) is 4.79 Å². The monoisotopic (exact) mass is 511 g/mol. The fourth-order valence-corrected chi connectivity index (χ4v) is 4.42. The summed E-state index contributed by atoms with van der Waals surface area (Å²) in [5.74, 6) is -2.95. The van der Waals surface area contributed by atoms with Gasteiger partial charge in [-0.1, -0.05) is 62.4 Å².